The Morgan fingerprint density at radius 2 is 2.33 bits per heavy atom. The Balaban J connectivity index is 1.91. The molecule has 0 saturated carbocycles. The smallest absolute Gasteiger partial charge is 0.303 e. The van der Waals surface area contributed by atoms with Crippen LogP contribution in [0.15, 0.2) is 5.38 Å². The first-order valence-electron chi connectivity index (χ1n) is 7.16. The Kier molecular flexibility index (Phi) is 5.30. The van der Waals surface area contributed by atoms with Crippen molar-refractivity contribution >= 4 is 28.3 Å². The second kappa shape index (κ2) is 7.00. The molecule has 7 heteroatoms. The van der Waals surface area contributed by atoms with Crippen LogP contribution in [0.25, 0.3) is 0 Å². The predicted molar refractivity (Wildman–Crippen MR) is 81.5 cm³/mol. The summed E-state index contributed by atoms with van der Waals surface area (Å²) in [6, 6.07) is 0. The molecule has 0 aromatic carbocycles. The quantitative estimate of drug-likeness (QED) is 0.867. The van der Waals surface area contributed by atoms with Gasteiger partial charge in [0.05, 0.1) is 5.69 Å². The zero-order valence-corrected chi connectivity index (χ0v) is 13.2. The van der Waals surface area contributed by atoms with Crippen molar-refractivity contribution in [3.63, 3.8) is 0 Å². The van der Waals surface area contributed by atoms with Crippen molar-refractivity contribution in [3.05, 3.63) is 11.1 Å². The Morgan fingerprint density at radius 3 is 2.95 bits per heavy atom. The van der Waals surface area contributed by atoms with E-state index in [1.165, 1.54) is 11.3 Å². The Labute approximate surface area is 128 Å². The van der Waals surface area contributed by atoms with E-state index in [1.807, 2.05) is 12.3 Å². The number of thiazole rings is 1. The van der Waals surface area contributed by atoms with Crippen LogP contribution in [0.3, 0.4) is 0 Å². The number of aromatic nitrogens is 1. The number of nitrogens with zero attached hydrogens (tertiary/aromatic N) is 3. The summed E-state index contributed by atoms with van der Waals surface area (Å²) in [6.07, 6.45) is 1.17. The van der Waals surface area contributed by atoms with Crippen LogP contribution in [0, 0.1) is 5.92 Å². The summed E-state index contributed by atoms with van der Waals surface area (Å²) in [4.78, 5) is 30.6. The van der Waals surface area contributed by atoms with E-state index < -0.39 is 5.97 Å². The molecule has 1 saturated heterocycles. The Morgan fingerprint density at radius 1 is 1.57 bits per heavy atom. The maximum atomic E-state index is 11.5. The summed E-state index contributed by atoms with van der Waals surface area (Å²) in [5.74, 6) is -0.482. The topological polar surface area (TPSA) is 73.7 Å². The number of aliphatic carboxylic acids is 1. The predicted octanol–water partition coefficient (Wildman–Crippen LogP) is 1.81. The standard InChI is InChI=1S/C14H21N3O3S/c1-3-17(10(2)18)14-15-12(9-21-14)8-16-5-4-11(7-16)6-13(19)20/h9,11H,3-8H2,1-2H3,(H,19,20). The molecule has 1 aromatic heterocycles. The molecular weight excluding hydrogens is 290 g/mol. The number of carbonyl (C=O) groups excluding carboxylic acids is 1. The average molecular weight is 311 g/mol. The highest BCUT2D eigenvalue weighted by molar-refractivity contribution is 7.14. The lowest BCUT2D eigenvalue weighted by atomic mass is 10.1. The molecule has 2 rings (SSSR count). The van der Waals surface area contributed by atoms with Gasteiger partial charge in [0.2, 0.25) is 5.91 Å². The number of amides is 1. The van der Waals surface area contributed by atoms with Crippen molar-refractivity contribution in [2.75, 3.05) is 24.5 Å². The molecule has 1 fully saturated rings. The molecule has 1 aromatic rings. The van der Waals surface area contributed by atoms with Crippen molar-refractivity contribution < 1.29 is 14.7 Å². The first-order valence-corrected chi connectivity index (χ1v) is 8.04. The highest BCUT2D eigenvalue weighted by Gasteiger charge is 2.25. The molecule has 1 atom stereocenters. The van der Waals surface area contributed by atoms with Crippen LogP contribution in [-0.2, 0) is 16.1 Å². The van der Waals surface area contributed by atoms with E-state index >= 15 is 0 Å². The van der Waals surface area contributed by atoms with E-state index in [4.69, 9.17) is 5.11 Å². The summed E-state index contributed by atoms with van der Waals surface area (Å²) in [5.41, 5.74) is 0.950. The number of carboxylic acids is 1. The first-order chi connectivity index (χ1) is 9.99. The van der Waals surface area contributed by atoms with E-state index in [-0.39, 0.29) is 18.2 Å². The van der Waals surface area contributed by atoms with Crippen LogP contribution in [0.2, 0.25) is 0 Å². The number of hydrogen-bond donors (Lipinski definition) is 1. The average Bonchev–Trinajstić information content (AvgIpc) is 3.00. The van der Waals surface area contributed by atoms with Crippen molar-refractivity contribution in [3.8, 4) is 0 Å². The molecule has 2 heterocycles. The molecule has 1 unspecified atom stereocenters. The van der Waals surface area contributed by atoms with Gasteiger partial charge >= 0.3 is 5.97 Å². The van der Waals surface area contributed by atoms with Gasteiger partial charge in [0.25, 0.3) is 0 Å². The molecule has 6 nitrogen and oxygen atoms in total. The number of likely N-dealkylation sites (tertiary alicyclic amines) is 1. The maximum Gasteiger partial charge on any atom is 0.303 e. The molecule has 1 aliphatic heterocycles. The molecule has 0 radical (unpaired) electrons. The molecule has 1 amide bonds. The van der Waals surface area contributed by atoms with Gasteiger partial charge in [0.1, 0.15) is 0 Å². The van der Waals surface area contributed by atoms with Crippen LogP contribution in [-0.4, -0.2) is 46.5 Å². The fourth-order valence-electron chi connectivity index (χ4n) is 2.68. The van der Waals surface area contributed by atoms with Gasteiger partial charge in [-0.25, -0.2) is 4.98 Å². The third kappa shape index (κ3) is 4.25. The van der Waals surface area contributed by atoms with Crippen molar-refractivity contribution in [1.29, 1.82) is 0 Å². The van der Waals surface area contributed by atoms with E-state index in [9.17, 15) is 9.59 Å². The minimum Gasteiger partial charge on any atom is -0.481 e. The van der Waals surface area contributed by atoms with Gasteiger partial charge in [-0.3, -0.25) is 19.4 Å². The zero-order valence-electron chi connectivity index (χ0n) is 12.4. The van der Waals surface area contributed by atoms with Crippen LogP contribution < -0.4 is 4.90 Å². The van der Waals surface area contributed by atoms with Crippen molar-refractivity contribution in [2.24, 2.45) is 5.92 Å². The SMILES string of the molecule is CCN(C(C)=O)c1nc(CN2CCC(CC(=O)O)C2)cs1. The minimum absolute atomic E-state index is 0.00101. The number of rotatable bonds is 6. The molecule has 0 aliphatic carbocycles. The maximum absolute atomic E-state index is 11.5. The van der Waals surface area contributed by atoms with Crippen LogP contribution in [0.5, 0.6) is 0 Å². The minimum atomic E-state index is -0.724. The fourth-order valence-corrected chi connectivity index (χ4v) is 3.61. The Hall–Kier alpha value is -1.47. The Bertz CT molecular complexity index is 517. The van der Waals surface area contributed by atoms with Crippen LogP contribution in [0.1, 0.15) is 32.4 Å². The highest BCUT2D eigenvalue weighted by Crippen LogP contribution is 2.25. The molecule has 0 spiro atoms. The lowest BCUT2D eigenvalue weighted by Gasteiger charge is -2.15. The number of anilines is 1. The van der Waals surface area contributed by atoms with Gasteiger partial charge in [-0.2, -0.15) is 0 Å². The van der Waals surface area contributed by atoms with Gasteiger partial charge in [-0.15, -0.1) is 11.3 Å². The van der Waals surface area contributed by atoms with E-state index in [0.717, 1.165) is 36.9 Å². The summed E-state index contributed by atoms with van der Waals surface area (Å²) in [6.45, 7) is 6.54. The first kappa shape index (κ1) is 15.9. The molecule has 21 heavy (non-hydrogen) atoms. The lowest BCUT2D eigenvalue weighted by molar-refractivity contribution is -0.138. The zero-order chi connectivity index (χ0) is 15.4. The summed E-state index contributed by atoms with van der Waals surface area (Å²) in [5, 5.41) is 11.5. The number of hydrogen-bond acceptors (Lipinski definition) is 5. The largest absolute Gasteiger partial charge is 0.481 e. The third-order valence-electron chi connectivity index (χ3n) is 3.69. The number of carbonyl (C=O) groups is 2. The number of carboxylic acid groups (broad SMARTS) is 1. The normalized spacial score (nSPS) is 18.9. The van der Waals surface area contributed by atoms with Gasteiger partial charge in [-0.05, 0) is 25.8 Å². The van der Waals surface area contributed by atoms with Gasteiger partial charge in [-0.1, -0.05) is 0 Å². The molecular formula is C14H21N3O3S. The van der Waals surface area contributed by atoms with Gasteiger partial charge < -0.3 is 5.11 Å². The fraction of sp³-hybridized carbons (Fsp3) is 0.643. The summed E-state index contributed by atoms with van der Waals surface area (Å²) >= 11 is 1.48. The van der Waals surface area contributed by atoms with Crippen LogP contribution >= 0.6 is 11.3 Å². The summed E-state index contributed by atoms with van der Waals surface area (Å²) < 4.78 is 0. The van der Waals surface area contributed by atoms with Gasteiger partial charge in [0.15, 0.2) is 5.13 Å². The lowest BCUT2D eigenvalue weighted by Crippen LogP contribution is -2.28. The van der Waals surface area contributed by atoms with E-state index in [0.29, 0.717) is 6.54 Å². The van der Waals surface area contributed by atoms with Gasteiger partial charge in [0, 0.05) is 38.4 Å². The second-order valence-electron chi connectivity index (χ2n) is 5.37. The molecule has 1 aliphatic rings. The van der Waals surface area contributed by atoms with Crippen LogP contribution in [0.4, 0.5) is 5.13 Å². The summed E-state index contributed by atoms with van der Waals surface area (Å²) in [7, 11) is 0. The third-order valence-corrected chi connectivity index (χ3v) is 4.60. The monoisotopic (exact) mass is 311 g/mol. The highest BCUT2D eigenvalue weighted by atomic mass is 32.1. The molecule has 116 valence electrons. The van der Waals surface area contributed by atoms with E-state index in [1.54, 1.807) is 11.8 Å². The van der Waals surface area contributed by atoms with Crippen molar-refractivity contribution in [1.82, 2.24) is 9.88 Å². The van der Waals surface area contributed by atoms with E-state index in [2.05, 4.69) is 9.88 Å². The molecule has 0 bridgehead atoms. The second-order valence-corrected chi connectivity index (χ2v) is 6.21. The van der Waals surface area contributed by atoms with Crippen molar-refractivity contribution in [2.45, 2.75) is 33.2 Å². The molecule has 1 N–H and O–H groups in total.